The average molecular weight is 182 g/mol. The molecule has 0 aromatic heterocycles. The smallest absolute Gasteiger partial charge is 0.120 e. The molecule has 2 aliphatic carbocycles. The molecule has 74 valence electrons. The number of hydrogen-bond acceptors (Lipinski definition) is 2. The largest absolute Gasteiger partial charge is 0.378 e. The quantitative estimate of drug-likeness (QED) is 0.481. The van der Waals surface area contributed by atoms with E-state index in [4.69, 9.17) is 4.74 Å². The zero-order valence-corrected chi connectivity index (χ0v) is 8.08. The Kier molecular flexibility index (Phi) is 2.99. The van der Waals surface area contributed by atoms with Crippen molar-refractivity contribution in [3.8, 4) is 0 Å². The van der Waals surface area contributed by atoms with Gasteiger partial charge in [-0.05, 0) is 43.9 Å². The molecule has 2 saturated carbocycles. The lowest BCUT2D eigenvalue weighted by Gasteiger charge is -2.21. The van der Waals surface area contributed by atoms with E-state index >= 15 is 0 Å². The molecule has 2 rings (SSSR count). The van der Waals surface area contributed by atoms with E-state index in [0.717, 1.165) is 31.1 Å². The summed E-state index contributed by atoms with van der Waals surface area (Å²) in [7, 11) is 0. The van der Waals surface area contributed by atoms with Crippen molar-refractivity contribution in [2.75, 3.05) is 6.61 Å². The minimum Gasteiger partial charge on any atom is -0.378 e. The molecule has 0 heterocycles. The average Bonchev–Trinajstić information content (AvgIpc) is 2.73. The first-order valence-electron chi connectivity index (χ1n) is 5.45. The third kappa shape index (κ3) is 2.11. The third-order valence-corrected chi connectivity index (χ3v) is 3.47. The van der Waals surface area contributed by atoms with Crippen LogP contribution in [0.3, 0.4) is 0 Å². The van der Waals surface area contributed by atoms with Crippen LogP contribution in [0.1, 0.15) is 38.5 Å². The van der Waals surface area contributed by atoms with E-state index in [2.05, 4.69) is 0 Å². The summed E-state index contributed by atoms with van der Waals surface area (Å²) in [6, 6.07) is 0. The van der Waals surface area contributed by atoms with Crippen molar-refractivity contribution < 1.29 is 9.53 Å². The van der Waals surface area contributed by atoms with Gasteiger partial charge in [-0.3, -0.25) is 0 Å². The van der Waals surface area contributed by atoms with Gasteiger partial charge in [0.25, 0.3) is 0 Å². The maximum absolute atomic E-state index is 10.1. The van der Waals surface area contributed by atoms with Crippen molar-refractivity contribution in [3.63, 3.8) is 0 Å². The molecule has 0 N–H and O–H groups in total. The fourth-order valence-electron chi connectivity index (χ4n) is 2.79. The van der Waals surface area contributed by atoms with Gasteiger partial charge in [0.05, 0.1) is 6.10 Å². The molecule has 0 amide bonds. The Labute approximate surface area is 79.7 Å². The van der Waals surface area contributed by atoms with Crippen LogP contribution < -0.4 is 0 Å². The van der Waals surface area contributed by atoms with E-state index in [1.165, 1.54) is 25.7 Å². The fraction of sp³-hybridized carbons (Fsp3) is 0.909. The van der Waals surface area contributed by atoms with E-state index in [1.807, 2.05) is 0 Å². The zero-order chi connectivity index (χ0) is 9.10. The Balaban J connectivity index is 1.63. The maximum Gasteiger partial charge on any atom is 0.120 e. The monoisotopic (exact) mass is 182 g/mol. The van der Waals surface area contributed by atoms with E-state index in [1.54, 1.807) is 0 Å². The molecule has 2 bridgehead atoms. The van der Waals surface area contributed by atoms with Crippen molar-refractivity contribution >= 4 is 6.29 Å². The number of carbonyl (C=O) groups is 1. The van der Waals surface area contributed by atoms with Crippen molar-refractivity contribution in [1.29, 1.82) is 0 Å². The van der Waals surface area contributed by atoms with Gasteiger partial charge in [-0.15, -0.1) is 0 Å². The third-order valence-electron chi connectivity index (χ3n) is 3.47. The highest BCUT2D eigenvalue weighted by Gasteiger charge is 2.39. The van der Waals surface area contributed by atoms with Gasteiger partial charge < -0.3 is 9.53 Å². The van der Waals surface area contributed by atoms with Crippen LogP contribution >= 0.6 is 0 Å². The Hall–Kier alpha value is -0.370. The minimum atomic E-state index is 0.533. The summed E-state index contributed by atoms with van der Waals surface area (Å²) in [6.07, 6.45) is 8.55. The SMILES string of the molecule is O=CCCCOC1CC2CCC1C2. The highest BCUT2D eigenvalue weighted by Crippen LogP contribution is 2.45. The second-order valence-electron chi connectivity index (χ2n) is 4.39. The van der Waals surface area contributed by atoms with Gasteiger partial charge in [-0.25, -0.2) is 0 Å². The number of unbranched alkanes of at least 4 members (excludes halogenated alkanes) is 1. The summed E-state index contributed by atoms with van der Waals surface area (Å²) >= 11 is 0. The predicted octanol–water partition coefficient (Wildman–Crippen LogP) is 2.17. The van der Waals surface area contributed by atoms with E-state index in [9.17, 15) is 4.79 Å². The number of fused-ring (bicyclic) bond motifs is 2. The molecule has 0 spiro atoms. The van der Waals surface area contributed by atoms with Gasteiger partial charge >= 0.3 is 0 Å². The van der Waals surface area contributed by atoms with Crippen LogP contribution in [0.5, 0.6) is 0 Å². The summed E-state index contributed by atoms with van der Waals surface area (Å²) in [5.74, 6) is 1.81. The zero-order valence-electron chi connectivity index (χ0n) is 8.08. The summed E-state index contributed by atoms with van der Waals surface area (Å²) < 4.78 is 5.78. The maximum atomic E-state index is 10.1. The molecule has 2 nitrogen and oxygen atoms in total. The molecule has 2 heteroatoms. The van der Waals surface area contributed by atoms with Gasteiger partial charge in [-0.2, -0.15) is 0 Å². The molecular weight excluding hydrogens is 164 g/mol. The van der Waals surface area contributed by atoms with Gasteiger partial charge in [0.15, 0.2) is 0 Å². The van der Waals surface area contributed by atoms with E-state index in [-0.39, 0.29) is 0 Å². The Bertz CT molecular complexity index is 179. The molecule has 0 aromatic carbocycles. The number of rotatable bonds is 5. The van der Waals surface area contributed by atoms with E-state index in [0.29, 0.717) is 12.5 Å². The molecule has 13 heavy (non-hydrogen) atoms. The predicted molar refractivity (Wildman–Crippen MR) is 50.5 cm³/mol. The first-order chi connectivity index (χ1) is 6.40. The normalized spacial score (nSPS) is 36.8. The van der Waals surface area contributed by atoms with Crippen molar-refractivity contribution in [2.24, 2.45) is 11.8 Å². The first kappa shape index (κ1) is 9.20. The lowest BCUT2D eigenvalue weighted by molar-refractivity contribution is -0.108. The van der Waals surface area contributed by atoms with Crippen molar-refractivity contribution in [2.45, 2.75) is 44.6 Å². The lowest BCUT2D eigenvalue weighted by atomic mass is 9.98. The Morgan fingerprint density at radius 2 is 2.23 bits per heavy atom. The van der Waals surface area contributed by atoms with Gasteiger partial charge in [-0.1, -0.05) is 0 Å². The molecule has 0 aromatic rings. The fourth-order valence-corrected chi connectivity index (χ4v) is 2.79. The van der Waals surface area contributed by atoms with Crippen LogP contribution in [-0.4, -0.2) is 19.0 Å². The molecule has 2 aliphatic rings. The highest BCUT2D eigenvalue weighted by atomic mass is 16.5. The molecule has 0 aliphatic heterocycles. The van der Waals surface area contributed by atoms with Crippen LogP contribution in [0.4, 0.5) is 0 Å². The Morgan fingerprint density at radius 1 is 1.31 bits per heavy atom. The van der Waals surface area contributed by atoms with Crippen LogP contribution in [-0.2, 0) is 9.53 Å². The number of aldehydes is 1. The molecule has 3 unspecified atom stereocenters. The number of ether oxygens (including phenoxy) is 1. The van der Waals surface area contributed by atoms with Gasteiger partial charge in [0, 0.05) is 13.0 Å². The molecule has 0 radical (unpaired) electrons. The van der Waals surface area contributed by atoms with E-state index < -0.39 is 0 Å². The van der Waals surface area contributed by atoms with Gasteiger partial charge in [0.1, 0.15) is 6.29 Å². The standard InChI is InChI=1S/C11H18O2/c12-5-1-2-6-13-11-8-9-3-4-10(11)7-9/h5,9-11H,1-4,6-8H2. The van der Waals surface area contributed by atoms with Crippen LogP contribution in [0.25, 0.3) is 0 Å². The van der Waals surface area contributed by atoms with Crippen LogP contribution in [0, 0.1) is 11.8 Å². The minimum absolute atomic E-state index is 0.533. The number of hydrogen-bond donors (Lipinski definition) is 0. The summed E-state index contributed by atoms with van der Waals surface area (Å²) in [6.45, 7) is 0.784. The van der Waals surface area contributed by atoms with Crippen LogP contribution in [0.15, 0.2) is 0 Å². The second kappa shape index (κ2) is 4.23. The topological polar surface area (TPSA) is 26.3 Å². The van der Waals surface area contributed by atoms with Crippen molar-refractivity contribution in [3.05, 3.63) is 0 Å². The molecule has 0 saturated heterocycles. The lowest BCUT2D eigenvalue weighted by Crippen LogP contribution is -2.20. The van der Waals surface area contributed by atoms with Crippen molar-refractivity contribution in [1.82, 2.24) is 0 Å². The number of carbonyl (C=O) groups excluding carboxylic acids is 1. The first-order valence-corrected chi connectivity index (χ1v) is 5.45. The molecular formula is C11H18O2. The highest BCUT2D eigenvalue weighted by molar-refractivity contribution is 5.48. The Morgan fingerprint density at radius 3 is 2.85 bits per heavy atom. The second-order valence-corrected chi connectivity index (χ2v) is 4.39. The summed E-state index contributed by atoms with van der Waals surface area (Å²) in [4.78, 5) is 10.1. The molecule has 2 fully saturated rings. The molecule has 3 atom stereocenters. The van der Waals surface area contributed by atoms with Crippen LogP contribution in [0.2, 0.25) is 0 Å². The summed E-state index contributed by atoms with van der Waals surface area (Å²) in [5.41, 5.74) is 0. The van der Waals surface area contributed by atoms with Gasteiger partial charge in [0.2, 0.25) is 0 Å². The summed E-state index contributed by atoms with van der Waals surface area (Å²) in [5, 5.41) is 0.